The smallest absolute Gasteiger partial charge is 0.0471 e. The minimum atomic E-state index is 0.185. The molecule has 2 unspecified atom stereocenters. The molecule has 0 bridgehead atoms. The number of aliphatic hydroxyl groups is 1. The fourth-order valence-corrected chi connectivity index (χ4v) is 0.860. The van der Waals surface area contributed by atoms with E-state index >= 15 is 0 Å². The SMILES string of the molecule is CCCCC(N)C(C)CO. The topological polar surface area (TPSA) is 46.2 Å². The summed E-state index contributed by atoms with van der Waals surface area (Å²) in [7, 11) is 0. The molecule has 3 N–H and O–H groups in total. The Hall–Kier alpha value is -0.0800. The van der Waals surface area contributed by atoms with Crippen LogP contribution < -0.4 is 5.73 Å². The van der Waals surface area contributed by atoms with Crippen LogP contribution in [0.15, 0.2) is 0 Å². The maximum atomic E-state index is 8.72. The number of unbranched alkanes of at least 4 members (excludes halogenated alkanes) is 1. The molecule has 0 saturated carbocycles. The van der Waals surface area contributed by atoms with Crippen LogP contribution in [0.25, 0.3) is 0 Å². The van der Waals surface area contributed by atoms with Crippen LogP contribution >= 0.6 is 0 Å². The molecule has 0 fully saturated rings. The second-order valence-corrected chi connectivity index (χ2v) is 2.97. The second-order valence-electron chi connectivity index (χ2n) is 2.97. The predicted molar refractivity (Wildman–Crippen MR) is 43.8 cm³/mol. The van der Waals surface area contributed by atoms with Crippen LogP contribution in [-0.4, -0.2) is 17.8 Å². The molecule has 62 valence electrons. The number of hydrogen-bond acceptors (Lipinski definition) is 2. The zero-order chi connectivity index (χ0) is 7.98. The van der Waals surface area contributed by atoms with Gasteiger partial charge in [0.15, 0.2) is 0 Å². The fraction of sp³-hybridized carbons (Fsp3) is 1.00. The molecule has 2 heteroatoms. The van der Waals surface area contributed by atoms with Gasteiger partial charge >= 0.3 is 0 Å². The Bertz CT molecular complexity index is 75.7. The van der Waals surface area contributed by atoms with E-state index in [2.05, 4.69) is 6.92 Å². The third-order valence-electron chi connectivity index (χ3n) is 1.91. The van der Waals surface area contributed by atoms with Gasteiger partial charge in [0.05, 0.1) is 0 Å². The zero-order valence-electron chi connectivity index (χ0n) is 7.01. The van der Waals surface area contributed by atoms with Gasteiger partial charge < -0.3 is 10.8 Å². The van der Waals surface area contributed by atoms with Crippen molar-refractivity contribution in [1.82, 2.24) is 0 Å². The van der Waals surface area contributed by atoms with E-state index in [0.29, 0.717) is 0 Å². The Morgan fingerprint density at radius 2 is 2.10 bits per heavy atom. The fourth-order valence-electron chi connectivity index (χ4n) is 0.860. The third-order valence-corrected chi connectivity index (χ3v) is 1.91. The van der Waals surface area contributed by atoms with E-state index in [1.54, 1.807) is 0 Å². The van der Waals surface area contributed by atoms with Crippen molar-refractivity contribution in [1.29, 1.82) is 0 Å². The van der Waals surface area contributed by atoms with Gasteiger partial charge in [-0.25, -0.2) is 0 Å². The van der Waals surface area contributed by atoms with E-state index in [1.807, 2.05) is 6.92 Å². The van der Waals surface area contributed by atoms with Gasteiger partial charge in [0.25, 0.3) is 0 Å². The first-order chi connectivity index (χ1) is 4.72. The molecule has 0 aromatic heterocycles. The molecule has 0 aromatic carbocycles. The highest BCUT2D eigenvalue weighted by atomic mass is 16.3. The number of hydrogen-bond donors (Lipinski definition) is 2. The highest BCUT2D eigenvalue weighted by molar-refractivity contribution is 4.67. The van der Waals surface area contributed by atoms with E-state index in [4.69, 9.17) is 10.8 Å². The van der Waals surface area contributed by atoms with Crippen molar-refractivity contribution in [3.63, 3.8) is 0 Å². The predicted octanol–water partition coefficient (Wildman–Crippen LogP) is 1.13. The molecule has 0 aliphatic rings. The standard InChI is InChI=1S/C8H19NO/c1-3-4-5-8(9)7(2)6-10/h7-8,10H,3-6,9H2,1-2H3. The molecule has 0 spiro atoms. The van der Waals surface area contributed by atoms with Crippen molar-refractivity contribution in [3.05, 3.63) is 0 Å². The number of aliphatic hydroxyl groups excluding tert-OH is 1. The largest absolute Gasteiger partial charge is 0.396 e. The minimum Gasteiger partial charge on any atom is -0.396 e. The van der Waals surface area contributed by atoms with Crippen LogP contribution in [0.1, 0.15) is 33.1 Å². The average molecular weight is 145 g/mol. The van der Waals surface area contributed by atoms with E-state index in [9.17, 15) is 0 Å². The van der Waals surface area contributed by atoms with E-state index in [1.165, 1.54) is 12.8 Å². The van der Waals surface area contributed by atoms with Crippen molar-refractivity contribution in [2.24, 2.45) is 11.7 Å². The van der Waals surface area contributed by atoms with Gasteiger partial charge in [0.1, 0.15) is 0 Å². The lowest BCUT2D eigenvalue weighted by Crippen LogP contribution is -2.30. The van der Waals surface area contributed by atoms with Gasteiger partial charge in [0, 0.05) is 12.6 Å². The normalized spacial score (nSPS) is 16.8. The maximum absolute atomic E-state index is 8.72. The van der Waals surface area contributed by atoms with E-state index in [0.717, 1.165) is 6.42 Å². The quantitative estimate of drug-likeness (QED) is 0.609. The Morgan fingerprint density at radius 1 is 1.50 bits per heavy atom. The maximum Gasteiger partial charge on any atom is 0.0471 e. The van der Waals surface area contributed by atoms with Crippen LogP contribution in [0.4, 0.5) is 0 Å². The van der Waals surface area contributed by atoms with Gasteiger partial charge in [-0.05, 0) is 12.3 Å². The molecule has 0 radical (unpaired) electrons. The molecule has 2 nitrogen and oxygen atoms in total. The summed E-state index contributed by atoms with van der Waals surface area (Å²) in [5, 5.41) is 8.72. The average Bonchev–Trinajstić information content (AvgIpc) is 1.98. The molecule has 0 aromatic rings. The summed E-state index contributed by atoms with van der Waals surface area (Å²) in [6, 6.07) is 0.185. The minimum absolute atomic E-state index is 0.185. The summed E-state index contributed by atoms with van der Waals surface area (Å²) < 4.78 is 0. The molecule has 0 rings (SSSR count). The lowest BCUT2D eigenvalue weighted by molar-refractivity contribution is 0.211. The highest BCUT2D eigenvalue weighted by Gasteiger charge is 2.09. The Kier molecular flexibility index (Phi) is 5.64. The van der Waals surface area contributed by atoms with Crippen molar-refractivity contribution in [2.75, 3.05) is 6.61 Å². The molecule has 0 heterocycles. The van der Waals surface area contributed by atoms with Crippen LogP contribution in [0.2, 0.25) is 0 Å². The molecular formula is C8H19NO. The first-order valence-electron chi connectivity index (χ1n) is 4.08. The lowest BCUT2D eigenvalue weighted by atomic mass is 9.99. The van der Waals surface area contributed by atoms with Crippen molar-refractivity contribution in [3.8, 4) is 0 Å². The van der Waals surface area contributed by atoms with Crippen LogP contribution in [0.3, 0.4) is 0 Å². The number of rotatable bonds is 5. The molecule has 0 saturated heterocycles. The summed E-state index contributed by atoms with van der Waals surface area (Å²) >= 11 is 0. The van der Waals surface area contributed by atoms with Crippen LogP contribution in [-0.2, 0) is 0 Å². The van der Waals surface area contributed by atoms with Gasteiger partial charge in [-0.15, -0.1) is 0 Å². The molecule has 0 aliphatic heterocycles. The number of nitrogens with two attached hydrogens (primary N) is 1. The lowest BCUT2D eigenvalue weighted by Gasteiger charge is -2.16. The summed E-state index contributed by atoms with van der Waals surface area (Å²) in [4.78, 5) is 0. The Labute approximate surface area is 63.4 Å². The van der Waals surface area contributed by atoms with E-state index in [-0.39, 0.29) is 18.6 Å². The summed E-state index contributed by atoms with van der Waals surface area (Å²) in [5.41, 5.74) is 5.75. The monoisotopic (exact) mass is 145 g/mol. The first-order valence-corrected chi connectivity index (χ1v) is 4.08. The molecule has 0 aliphatic carbocycles. The third kappa shape index (κ3) is 3.85. The molecular weight excluding hydrogens is 126 g/mol. The van der Waals surface area contributed by atoms with E-state index < -0.39 is 0 Å². The molecule has 10 heavy (non-hydrogen) atoms. The second kappa shape index (κ2) is 5.69. The summed E-state index contributed by atoms with van der Waals surface area (Å²) in [5.74, 6) is 0.256. The van der Waals surface area contributed by atoms with Crippen molar-refractivity contribution >= 4 is 0 Å². The molecule has 0 amide bonds. The van der Waals surface area contributed by atoms with Crippen molar-refractivity contribution < 1.29 is 5.11 Å². The van der Waals surface area contributed by atoms with Gasteiger partial charge in [0.2, 0.25) is 0 Å². The Morgan fingerprint density at radius 3 is 2.50 bits per heavy atom. The first kappa shape index (κ1) is 9.92. The summed E-state index contributed by atoms with van der Waals surface area (Å²) in [6.45, 7) is 4.35. The van der Waals surface area contributed by atoms with Gasteiger partial charge in [-0.2, -0.15) is 0 Å². The van der Waals surface area contributed by atoms with Crippen LogP contribution in [0, 0.1) is 5.92 Å². The van der Waals surface area contributed by atoms with Gasteiger partial charge in [-0.3, -0.25) is 0 Å². The highest BCUT2D eigenvalue weighted by Crippen LogP contribution is 2.06. The van der Waals surface area contributed by atoms with Gasteiger partial charge in [-0.1, -0.05) is 26.7 Å². The molecule has 2 atom stereocenters. The Balaban J connectivity index is 3.31. The van der Waals surface area contributed by atoms with Crippen molar-refractivity contribution in [2.45, 2.75) is 39.2 Å². The van der Waals surface area contributed by atoms with Crippen LogP contribution in [0.5, 0.6) is 0 Å². The zero-order valence-corrected chi connectivity index (χ0v) is 7.01. The summed E-state index contributed by atoms with van der Waals surface area (Å²) in [6.07, 6.45) is 3.40.